The molecule has 2 aliphatic rings. The minimum Gasteiger partial charge on any atom is -0.382 e. The van der Waals surface area contributed by atoms with Gasteiger partial charge >= 0.3 is 6.03 Å². The molecule has 2 amide bonds. The van der Waals surface area contributed by atoms with Crippen molar-refractivity contribution in [2.45, 2.75) is 26.9 Å². The molecule has 1 unspecified atom stereocenters. The van der Waals surface area contributed by atoms with Gasteiger partial charge in [-0.2, -0.15) is 0 Å². The van der Waals surface area contributed by atoms with E-state index >= 15 is 0 Å². The van der Waals surface area contributed by atoms with Crippen LogP contribution in [0.15, 0.2) is 83.8 Å². The molecule has 178 valence electrons. The van der Waals surface area contributed by atoms with Gasteiger partial charge in [0.05, 0.1) is 11.4 Å². The smallest absolute Gasteiger partial charge is 0.323 e. The number of nitrogens with one attached hydrogen (secondary N) is 3. The van der Waals surface area contributed by atoms with Gasteiger partial charge in [-0.05, 0) is 29.7 Å². The first-order valence-corrected chi connectivity index (χ1v) is 11.4. The maximum absolute atomic E-state index is 13.5. The number of nitrogens with zero attached hydrogens (tertiary/aromatic N) is 2. The fourth-order valence-electron chi connectivity index (χ4n) is 4.52. The summed E-state index contributed by atoms with van der Waals surface area (Å²) in [5.74, 6) is 0.0293. The summed E-state index contributed by atoms with van der Waals surface area (Å²) >= 11 is 0. The fourth-order valence-corrected chi connectivity index (χ4v) is 4.52. The zero-order valence-corrected chi connectivity index (χ0v) is 19.8. The lowest BCUT2D eigenvalue weighted by Gasteiger charge is -2.36. The van der Waals surface area contributed by atoms with Crippen LogP contribution in [0.3, 0.4) is 0 Å². The lowest BCUT2D eigenvalue weighted by atomic mass is 9.91. The number of anilines is 2. The molecule has 1 atom stereocenters. The van der Waals surface area contributed by atoms with Crippen LogP contribution in [0.1, 0.15) is 26.3 Å². The molecular formula is C27H27FN6O. The number of amides is 2. The monoisotopic (exact) mass is 470 g/mol. The molecule has 0 saturated heterocycles. The first-order chi connectivity index (χ1) is 16.7. The van der Waals surface area contributed by atoms with E-state index in [1.807, 2.05) is 42.6 Å². The molecule has 0 aromatic heterocycles. The number of hydrogen-bond donors (Lipinski definition) is 4. The van der Waals surface area contributed by atoms with Crippen LogP contribution >= 0.6 is 0 Å². The van der Waals surface area contributed by atoms with Crippen LogP contribution in [-0.2, 0) is 0 Å². The number of halogens is 1. The van der Waals surface area contributed by atoms with Crippen LogP contribution in [-0.4, -0.2) is 22.9 Å². The van der Waals surface area contributed by atoms with E-state index in [4.69, 9.17) is 5.73 Å². The summed E-state index contributed by atoms with van der Waals surface area (Å²) in [7, 11) is 0. The van der Waals surface area contributed by atoms with Gasteiger partial charge in [0.1, 0.15) is 23.5 Å². The van der Waals surface area contributed by atoms with Crippen LogP contribution in [0, 0.1) is 11.2 Å². The minimum absolute atomic E-state index is 0.00795. The predicted octanol–water partition coefficient (Wildman–Crippen LogP) is 5.41. The van der Waals surface area contributed by atoms with Gasteiger partial charge in [-0.15, -0.1) is 0 Å². The first-order valence-electron chi connectivity index (χ1n) is 11.4. The lowest BCUT2D eigenvalue weighted by Crippen LogP contribution is -2.46. The molecule has 0 fully saturated rings. The predicted molar refractivity (Wildman–Crippen MR) is 139 cm³/mol. The Kier molecular flexibility index (Phi) is 5.43. The number of nitrogens with two attached hydrogens (primary N) is 1. The molecule has 3 aromatic carbocycles. The topological polar surface area (TPSA) is 94.8 Å². The second-order valence-electron chi connectivity index (χ2n) is 9.65. The van der Waals surface area contributed by atoms with Crippen molar-refractivity contribution >= 4 is 39.7 Å². The highest BCUT2D eigenvalue weighted by Gasteiger charge is 2.40. The molecule has 0 saturated carbocycles. The van der Waals surface area contributed by atoms with E-state index in [1.54, 1.807) is 18.3 Å². The standard InChI is InChI=1S/C27H27FN6O/c1-27(2,3)25-33-22(23-24(29)30-13-14-34(23)25)20-11-12-21(19-10-5-4-9-18(19)20)32-26(35)31-17-8-6-7-16(28)15-17/h4-15,25,33H,1-3H3,(H2,29,30)(H2,31,32,35). The van der Waals surface area contributed by atoms with E-state index in [1.165, 1.54) is 12.1 Å². The minimum atomic E-state index is -0.456. The summed E-state index contributed by atoms with van der Waals surface area (Å²) in [6.45, 7) is 6.51. The van der Waals surface area contributed by atoms with Gasteiger partial charge in [-0.3, -0.25) is 0 Å². The van der Waals surface area contributed by atoms with Gasteiger partial charge in [0.2, 0.25) is 0 Å². The van der Waals surface area contributed by atoms with Gasteiger partial charge in [0.15, 0.2) is 0 Å². The third kappa shape index (κ3) is 4.19. The Bertz CT molecular complexity index is 1420. The van der Waals surface area contributed by atoms with E-state index in [-0.39, 0.29) is 11.6 Å². The van der Waals surface area contributed by atoms with Crippen molar-refractivity contribution in [1.82, 2.24) is 10.2 Å². The van der Waals surface area contributed by atoms with E-state index in [2.05, 4.69) is 46.6 Å². The second kappa shape index (κ2) is 8.47. The van der Waals surface area contributed by atoms with Gasteiger partial charge in [0, 0.05) is 34.5 Å². The number of benzene rings is 3. The number of amidine groups is 1. The molecule has 5 rings (SSSR count). The third-order valence-corrected chi connectivity index (χ3v) is 6.08. The summed E-state index contributed by atoms with van der Waals surface area (Å²) < 4.78 is 13.5. The number of fused-ring (bicyclic) bond motifs is 2. The fraction of sp³-hybridized carbons (Fsp3) is 0.185. The molecule has 0 spiro atoms. The van der Waals surface area contributed by atoms with E-state index in [0.717, 1.165) is 27.7 Å². The van der Waals surface area contributed by atoms with E-state index in [9.17, 15) is 9.18 Å². The highest BCUT2D eigenvalue weighted by Crippen LogP contribution is 2.40. The summed E-state index contributed by atoms with van der Waals surface area (Å²) in [5, 5.41) is 11.0. The normalized spacial score (nSPS) is 17.2. The maximum Gasteiger partial charge on any atom is 0.323 e. The molecule has 3 aromatic rings. The molecule has 5 N–H and O–H groups in total. The van der Waals surface area contributed by atoms with E-state index in [0.29, 0.717) is 17.2 Å². The molecule has 8 heteroatoms. The quantitative estimate of drug-likeness (QED) is 0.412. The Morgan fingerprint density at radius 2 is 1.83 bits per heavy atom. The summed E-state index contributed by atoms with van der Waals surface area (Å²) in [4.78, 5) is 19.1. The molecule has 2 aliphatic heterocycles. The summed E-state index contributed by atoms with van der Waals surface area (Å²) in [5.41, 5.74) is 9.95. The highest BCUT2D eigenvalue weighted by molar-refractivity contribution is 6.11. The summed E-state index contributed by atoms with van der Waals surface area (Å²) in [6.07, 6.45) is 3.65. The zero-order chi connectivity index (χ0) is 24.7. The zero-order valence-electron chi connectivity index (χ0n) is 19.8. The van der Waals surface area contributed by atoms with Crippen molar-refractivity contribution in [3.63, 3.8) is 0 Å². The van der Waals surface area contributed by atoms with Gasteiger partial charge in [0.25, 0.3) is 0 Å². The third-order valence-electron chi connectivity index (χ3n) is 6.08. The maximum atomic E-state index is 13.5. The van der Waals surface area contributed by atoms with Crippen LogP contribution in [0.25, 0.3) is 16.5 Å². The largest absolute Gasteiger partial charge is 0.382 e. The number of carbonyl (C=O) groups is 1. The Labute approximate surface area is 203 Å². The molecule has 0 radical (unpaired) electrons. The molecule has 0 aliphatic carbocycles. The molecule has 35 heavy (non-hydrogen) atoms. The van der Waals surface area contributed by atoms with Crippen molar-refractivity contribution in [1.29, 1.82) is 0 Å². The van der Waals surface area contributed by atoms with Crippen molar-refractivity contribution in [2.75, 3.05) is 10.6 Å². The number of carbonyl (C=O) groups excluding carboxylic acids is 1. The van der Waals surface area contributed by atoms with E-state index < -0.39 is 11.8 Å². The lowest BCUT2D eigenvalue weighted by molar-refractivity contribution is 0.181. The SMILES string of the molecule is CC(C)(C)C1NC(c2ccc(NC(=O)Nc3cccc(F)c3)c3ccccc23)=C2C(N)=NC=CN21. The van der Waals surface area contributed by atoms with Gasteiger partial charge in [-0.25, -0.2) is 14.2 Å². The van der Waals surface area contributed by atoms with Crippen LogP contribution in [0.5, 0.6) is 0 Å². The van der Waals surface area contributed by atoms with Crippen LogP contribution < -0.4 is 21.7 Å². The Balaban J connectivity index is 1.53. The van der Waals surface area contributed by atoms with Crippen molar-refractivity contribution < 1.29 is 9.18 Å². The molecular weight excluding hydrogens is 443 g/mol. The second-order valence-corrected chi connectivity index (χ2v) is 9.65. The van der Waals surface area contributed by atoms with Gasteiger partial charge in [-0.1, -0.05) is 57.2 Å². The number of rotatable bonds is 3. The average molecular weight is 471 g/mol. The number of aliphatic imine (C=N–C) groups is 1. The number of urea groups is 1. The van der Waals surface area contributed by atoms with Crippen LogP contribution in [0.4, 0.5) is 20.6 Å². The highest BCUT2D eigenvalue weighted by atomic mass is 19.1. The van der Waals surface area contributed by atoms with Gasteiger partial charge < -0.3 is 26.6 Å². The van der Waals surface area contributed by atoms with Crippen molar-refractivity contribution in [2.24, 2.45) is 16.1 Å². The Hall–Kier alpha value is -4.33. The Morgan fingerprint density at radius 3 is 2.57 bits per heavy atom. The molecule has 7 nitrogen and oxygen atoms in total. The summed E-state index contributed by atoms with van der Waals surface area (Å²) in [6, 6.07) is 17.0. The van der Waals surface area contributed by atoms with Crippen LogP contribution in [0.2, 0.25) is 0 Å². The molecule has 0 bridgehead atoms. The number of hydrogen-bond acceptors (Lipinski definition) is 5. The average Bonchev–Trinajstić information content (AvgIpc) is 3.21. The first kappa shape index (κ1) is 22.5. The van der Waals surface area contributed by atoms with Crippen molar-refractivity contribution in [3.05, 3.63) is 90.1 Å². The Morgan fingerprint density at radius 1 is 1.06 bits per heavy atom. The van der Waals surface area contributed by atoms with Crippen molar-refractivity contribution in [3.8, 4) is 0 Å². The molecule has 2 heterocycles.